The van der Waals surface area contributed by atoms with Crippen molar-refractivity contribution < 1.29 is 0 Å². The van der Waals surface area contributed by atoms with Gasteiger partial charge in [-0.3, -0.25) is 9.97 Å². The Bertz CT molecular complexity index is 690. The largest absolute Gasteiger partial charge is 0.261 e. The first-order valence-electron chi connectivity index (χ1n) is 5.72. The van der Waals surface area contributed by atoms with Crippen molar-refractivity contribution in [2.24, 2.45) is 0 Å². The Labute approximate surface area is 105 Å². The zero-order valence-electron chi connectivity index (χ0n) is 9.69. The first-order chi connectivity index (χ1) is 8.92. The lowest BCUT2D eigenvalue weighted by atomic mass is 10.2. The van der Waals surface area contributed by atoms with E-state index in [2.05, 4.69) is 27.1 Å². The summed E-state index contributed by atoms with van der Waals surface area (Å²) < 4.78 is 0. The number of para-hydroxylation sites is 1. The average Bonchev–Trinajstić information content (AvgIpc) is 2.46. The van der Waals surface area contributed by atoms with Crippen molar-refractivity contribution in [2.45, 2.75) is 0 Å². The van der Waals surface area contributed by atoms with Crippen LogP contribution in [0.1, 0.15) is 11.4 Å². The fourth-order valence-electron chi connectivity index (χ4n) is 1.74. The first kappa shape index (κ1) is 10.6. The summed E-state index contributed by atoms with van der Waals surface area (Å²) in [7, 11) is 0. The molecular weight excluding hydrogens is 222 g/mol. The fraction of sp³-hybridized carbons (Fsp3) is 0. The second-order valence-electron chi connectivity index (χ2n) is 3.89. The molecule has 1 aromatic carbocycles. The number of hydrogen-bond acceptors (Lipinski definition) is 3. The second-order valence-corrected chi connectivity index (χ2v) is 3.89. The minimum absolute atomic E-state index is 0.826. The van der Waals surface area contributed by atoms with E-state index in [0.29, 0.717) is 0 Å². The minimum atomic E-state index is 0.826. The Hall–Kier alpha value is -2.55. The average molecular weight is 233 g/mol. The third-order valence-corrected chi connectivity index (χ3v) is 2.63. The highest BCUT2D eigenvalue weighted by Gasteiger charge is 1.94. The Morgan fingerprint density at radius 1 is 0.833 bits per heavy atom. The molecule has 0 fully saturated rings. The summed E-state index contributed by atoms with van der Waals surface area (Å²) in [6.45, 7) is 0. The third kappa shape index (κ3) is 2.25. The summed E-state index contributed by atoms with van der Waals surface area (Å²) in [5.41, 5.74) is 2.74. The standard InChI is InChI=1S/C15H11N3/c1-2-4-15-12(3-1)5-6-13(18-15)7-8-14-11-16-9-10-17-14/h1-11H/b8-7+. The number of aromatic nitrogens is 3. The Balaban J connectivity index is 1.93. The van der Waals surface area contributed by atoms with Gasteiger partial charge in [0.2, 0.25) is 0 Å². The van der Waals surface area contributed by atoms with E-state index in [9.17, 15) is 0 Å². The smallest absolute Gasteiger partial charge is 0.0813 e. The van der Waals surface area contributed by atoms with Crippen LogP contribution in [0.25, 0.3) is 23.1 Å². The Kier molecular flexibility index (Phi) is 2.80. The van der Waals surface area contributed by atoms with Crippen LogP contribution in [-0.2, 0) is 0 Å². The van der Waals surface area contributed by atoms with Gasteiger partial charge in [0, 0.05) is 17.8 Å². The molecule has 0 N–H and O–H groups in total. The normalized spacial score (nSPS) is 11.1. The lowest BCUT2D eigenvalue weighted by Crippen LogP contribution is -1.84. The van der Waals surface area contributed by atoms with Gasteiger partial charge in [-0.2, -0.15) is 0 Å². The molecule has 3 nitrogen and oxygen atoms in total. The van der Waals surface area contributed by atoms with E-state index in [1.165, 1.54) is 0 Å². The third-order valence-electron chi connectivity index (χ3n) is 2.63. The van der Waals surface area contributed by atoms with Crippen LogP contribution >= 0.6 is 0 Å². The van der Waals surface area contributed by atoms with Gasteiger partial charge >= 0.3 is 0 Å². The highest BCUT2D eigenvalue weighted by Crippen LogP contribution is 2.13. The molecule has 3 rings (SSSR count). The van der Waals surface area contributed by atoms with Crippen molar-refractivity contribution in [3.63, 3.8) is 0 Å². The van der Waals surface area contributed by atoms with Crippen LogP contribution in [-0.4, -0.2) is 15.0 Å². The molecular formula is C15H11N3. The topological polar surface area (TPSA) is 38.7 Å². The maximum absolute atomic E-state index is 4.56. The van der Waals surface area contributed by atoms with Crippen molar-refractivity contribution in [1.29, 1.82) is 0 Å². The van der Waals surface area contributed by atoms with Gasteiger partial charge in [-0.15, -0.1) is 0 Å². The predicted molar refractivity (Wildman–Crippen MR) is 72.7 cm³/mol. The number of hydrogen-bond donors (Lipinski definition) is 0. The van der Waals surface area contributed by atoms with E-state index in [1.54, 1.807) is 18.6 Å². The SMILES string of the molecule is C(=C\c1ccc2ccccc2n1)/c1cnccn1. The van der Waals surface area contributed by atoms with Crippen LogP contribution in [0.4, 0.5) is 0 Å². The van der Waals surface area contributed by atoms with E-state index in [0.717, 1.165) is 22.3 Å². The summed E-state index contributed by atoms with van der Waals surface area (Å²) in [5.74, 6) is 0. The van der Waals surface area contributed by atoms with Gasteiger partial charge in [-0.25, -0.2) is 4.98 Å². The number of pyridine rings is 1. The molecule has 3 aromatic rings. The van der Waals surface area contributed by atoms with E-state index in [1.807, 2.05) is 36.4 Å². The lowest BCUT2D eigenvalue weighted by Gasteiger charge is -1.98. The van der Waals surface area contributed by atoms with Gasteiger partial charge in [0.25, 0.3) is 0 Å². The van der Waals surface area contributed by atoms with E-state index >= 15 is 0 Å². The maximum Gasteiger partial charge on any atom is 0.0813 e. The van der Waals surface area contributed by atoms with Crippen LogP contribution in [0.5, 0.6) is 0 Å². The van der Waals surface area contributed by atoms with Crippen molar-refractivity contribution >= 4 is 23.1 Å². The van der Waals surface area contributed by atoms with E-state index in [4.69, 9.17) is 0 Å². The number of benzene rings is 1. The highest BCUT2D eigenvalue weighted by molar-refractivity contribution is 5.80. The van der Waals surface area contributed by atoms with Crippen LogP contribution in [0.3, 0.4) is 0 Å². The number of rotatable bonds is 2. The summed E-state index contributed by atoms with van der Waals surface area (Å²) >= 11 is 0. The first-order valence-corrected chi connectivity index (χ1v) is 5.72. The molecule has 3 heteroatoms. The zero-order chi connectivity index (χ0) is 12.2. The molecule has 0 unspecified atom stereocenters. The van der Waals surface area contributed by atoms with Crippen LogP contribution < -0.4 is 0 Å². The van der Waals surface area contributed by atoms with Gasteiger partial charge in [0.05, 0.1) is 23.1 Å². The number of fused-ring (bicyclic) bond motifs is 1. The molecule has 0 saturated heterocycles. The van der Waals surface area contributed by atoms with Crippen molar-refractivity contribution in [2.75, 3.05) is 0 Å². The van der Waals surface area contributed by atoms with Crippen molar-refractivity contribution in [3.05, 3.63) is 66.4 Å². The summed E-state index contributed by atoms with van der Waals surface area (Å²) in [6.07, 6.45) is 8.90. The van der Waals surface area contributed by atoms with Crippen LogP contribution in [0, 0.1) is 0 Å². The Morgan fingerprint density at radius 2 is 1.72 bits per heavy atom. The molecule has 0 saturated carbocycles. The Morgan fingerprint density at radius 3 is 2.61 bits per heavy atom. The van der Waals surface area contributed by atoms with Gasteiger partial charge in [-0.05, 0) is 24.3 Å². The molecule has 0 aliphatic carbocycles. The minimum Gasteiger partial charge on any atom is -0.261 e. The molecule has 0 aliphatic rings. The van der Waals surface area contributed by atoms with E-state index < -0.39 is 0 Å². The zero-order valence-corrected chi connectivity index (χ0v) is 9.69. The monoisotopic (exact) mass is 233 g/mol. The molecule has 86 valence electrons. The van der Waals surface area contributed by atoms with Crippen LogP contribution in [0.2, 0.25) is 0 Å². The molecule has 0 radical (unpaired) electrons. The fourth-order valence-corrected chi connectivity index (χ4v) is 1.74. The number of nitrogens with zero attached hydrogens (tertiary/aromatic N) is 3. The molecule has 2 aromatic heterocycles. The van der Waals surface area contributed by atoms with Gasteiger partial charge < -0.3 is 0 Å². The second kappa shape index (κ2) is 4.75. The molecule has 0 amide bonds. The quantitative estimate of drug-likeness (QED) is 0.682. The summed E-state index contributed by atoms with van der Waals surface area (Å²) in [6, 6.07) is 12.1. The van der Waals surface area contributed by atoms with Gasteiger partial charge in [0.15, 0.2) is 0 Å². The van der Waals surface area contributed by atoms with E-state index in [-0.39, 0.29) is 0 Å². The highest BCUT2D eigenvalue weighted by atomic mass is 14.8. The van der Waals surface area contributed by atoms with Crippen LogP contribution in [0.15, 0.2) is 55.0 Å². The molecule has 18 heavy (non-hydrogen) atoms. The molecule has 2 heterocycles. The van der Waals surface area contributed by atoms with Gasteiger partial charge in [0.1, 0.15) is 0 Å². The van der Waals surface area contributed by atoms with Crippen molar-refractivity contribution in [3.8, 4) is 0 Å². The van der Waals surface area contributed by atoms with Gasteiger partial charge in [-0.1, -0.05) is 24.3 Å². The predicted octanol–water partition coefficient (Wildman–Crippen LogP) is 3.20. The maximum atomic E-state index is 4.56. The summed E-state index contributed by atoms with van der Waals surface area (Å²) in [5, 5.41) is 1.15. The lowest BCUT2D eigenvalue weighted by molar-refractivity contribution is 1.18. The molecule has 0 aliphatic heterocycles. The summed E-state index contributed by atoms with van der Waals surface area (Å²) in [4.78, 5) is 12.7. The molecule has 0 spiro atoms. The van der Waals surface area contributed by atoms with Crippen molar-refractivity contribution in [1.82, 2.24) is 15.0 Å². The molecule has 0 bridgehead atoms. The molecule has 0 atom stereocenters.